The van der Waals surface area contributed by atoms with Gasteiger partial charge in [-0.3, -0.25) is 0 Å². The van der Waals surface area contributed by atoms with Gasteiger partial charge in [0.2, 0.25) is 0 Å². The first kappa shape index (κ1) is 20.7. The maximum Gasteiger partial charge on any atom is 0.353 e. The predicted octanol–water partition coefficient (Wildman–Crippen LogP) is 4.24. The lowest BCUT2D eigenvalue weighted by atomic mass is 9.97. The van der Waals surface area contributed by atoms with Gasteiger partial charge in [-0.05, 0) is 34.5 Å². The largest absolute Gasteiger partial charge is 0.466 e. The van der Waals surface area contributed by atoms with Gasteiger partial charge in [0.1, 0.15) is 12.3 Å². The van der Waals surface area contributed by atoms with Crippen molar-refractivity contribution in [2.45, 2.75) is 13.5 Å². The summed E-state index contributed by atoms with van der Waals surface area (Å²) in [6.07, 6.45) is 0. The van der Waals surface area contributed by atoms with E-state index >= 15 is 0 Å². The van der Waals surface area contributed by atoms with Crippen molar-refractivity contribution < 1.29 is 19.1 Å². The number of esters is 2. The fourth-order valence-electron chi connectivity index (χ4n) is 2.67. The number of nitrogens with two attached hydrogens (primary N) is 1. The lowest BCUT2D eigenvalue weighted by Gasteiger charge is -2.12. The minimum atomic E-state index is -0.577. The van der Waals surface area contributed by atoms with Crippen molar-refractivity contribution >= 4 is 33.5 Å². The van der Waals surface area contributed by atoms with Crippen LogP contribution in [0.15, 0.2) is 79.0 Å². The quantitative estimate of drug-likeness (QED) is 0.418. The Kier molecular flexibility index (Phi) is 6.93. The molecule has 0 saturated heterocycles. The zero-order valence-electron chi connectivity index (χ0n) is 16.0. The van der Waals surface area contributed by atoms with Gasteiger partial charge >= 0.3 is 11.9 Å². The fourth-order valence-corrected chi connectivity index (χ4v) is 2.67. The highest BCUT2D eigenvalue weighted by Crippen LogP contribution is 2.29. The number of hydrogen-bond donors (Lipinski definition) is 1. The third-order valence-electron chi connectivity index (χ3n) is 4.03. The number of fused-ring (bicyclic) bond motifs is 2. The molecular weight excluding hydrogens is 354 g/mol. The molecule has 144 valence electrons. The number of benzene rings is 3. The molecule has 3 aromatic carbocycles. The molecular formula is C23H23NO4. The first-order valence-electron chi connectivity index (χ1n) is 8.59. The fraction of sp³-hybridized carbons (Fsp3) is 0.130. The standard InChI is InChI=1S/C18H15NO2.C5H8O2/c1-12(19)18(20)21-11-17-15-8-4-2-6-13(15)10-14-7-3-5-9-16(14)17;1-4(2)5(6)7-3/h2-10H,1,11,19H2;1H2,2-3H3. The normalized spacial score (nSPS) is 9.93. The van der Waals surface area contributed by atoms with Crippen LogP contribution in [0.5, 0.6) is 0 Å². The molecule has 0 aliphatic carbocycles. The summed E-state index contributed by atoms with van der Waals surface area (Å²) in [5, 5.41) is 4.39. The number of rotatable bonds is 4. The number of carbonyl (C=O) groups is 2. The molecule has 2 N–H and O–H groups in total. The molecule has 0 saturated carbocycles. The lowest BCUT2D eigenvalue weighted by Crippen LogP contribution is -2.13. The summed E-state index contributed by atoms with van der Waals surface area (Å²) in [5.74, 6) is -0.924. The van der Waals surface area contributed by atoms with Gasteiger partial charge in [0.25, 0.3) is 0 Å². The van der Waals surface area contributed by atoms with Gasteiger partial charge in [0.05, 0.1) is 7.11 Å². The van der Waals surface area contributed by atoms with E-state index in [2.05, 4.69) is 36.1 Å². The van der Waals surface area contributed by atoms with Crippen LogP contribution in [0.4, 0.5) is 0 Å². The Morgan fingerprint density at radius 2 is 1.43 bits per heavy atom. The Bertz CT molecular complexity index is 999. The summed E-state index contributed by atoms with van der Waals surface area (Å²) in [4.78, 5) is 21.7. The van der Waals surface area contributed by atoms with Crippen LogP contribution in [-0.4, -0.2) is 19.0 Å². The van der Waals surface area contributed by atoms with Gasteiger partial charge in [-0.2, -0.15) is 0 Å². The average molecular weight is 377 g/mol. The van der Waals surface area contributed by atoms with E-state index in [9.17, 15) is 9.59 Å². The molecule has 0 atom stereocenters. The van der Waals surface area contributed by atoms with Crippen molar-refractivity contribution in [3.63, 3.8) is 0 Å². The number of ether oxygens (including phenoxy) is 2. The Morgan fingerprint density at radius 1 is 0.929 bits per heavy atom. The van der Waals surface area contributed by atoms with Crippen molar-refractivity contribution in [2.75, 3.05) is 7.11 Å². The topological polar surface area (TPSA) is 78.6 Å². The monoisotopic (exact) mass is 377 g/mol. The summed E-state index contributed by atoms with van der Waals surface area (Å²) >= 11 is 0. The second-order valence-corrected chi connectivity index (χ2v) is 6.17. The van der Waals surface area contributed by atoms with Gasteiger partial charge < -0.3 is 15.2 Å². The lowest BCUT2D eigenvalue weighted by molar-refractivity contribution is -0.140. The molecule has 0 amide bonds. The molecule has 5 nitrogen and oxygen atoms in total. The maximum atomic E-state index is 11.5. The van der Waals surface area contributed by atoms with E-state index in [1.165, 1.54) is 7.11 Å². The first-order chi connectivity index (χ1) is 13.3. The van der Waals surface area contributed by atoms with Gasteiger partial charge in [0, 0.05) is 11.1 Å². The van der Waals surface area contributed by atoms with Crippen LogP contribution in [0.3, 0.4) is 0 Å². The molecule has 0 aliphatic rings. The molecule has 5 heteroatoms. The van der Waals surface area contributed by atoms with E-state index in [1.54, 1.807) is 6.92 Å². The second-order valence-electron chi connectivity index (χ2n) is 6.17. The van der Waals surface area contributed by atoms with Crippen molar-refractivity contribution in [2.24, 2.45) is 5.73 Å². The second kappa shape index (κ2) is 9.37. The average Bonchev–Trinajstić information content (AvgIpc) is 2.70. The third kappa shape index (κ3) is 4.98. The minimum Gasteiger partial charge on any atom is -0.466 e. The molecule has 0 bridgehead atoms. The van der Waals surface area contributed by atoms with Crippen LogP contribution in [-0.2, 0) is 25.7 Å². The number of hydrogen-bond acceptors (Lipinski definition) is 5. The van der Waals surface area contributed by atoms with Gasteiger partial charge in [-0.1, -0.05) is 61.7 Å². The Morgan fingerprint density at radius 3 is 1.82 bits per heavy atom. The Labute approximate surface area is 164 Å². The highest BCUT2D eigenvalue weighted by Gasteiger charge is 2.10. The SMILES string of the molecule is C=C(C)C(=O)OC.C=C(N)C(=O)OCc1c2ccccc2cc2ccccc12. The summed E-state index contributed by atoms with van der Waals surface area (Å²) in [6.45, 7) is 8.53. The summed E-state index contributed by atoms with van der Waals surface area (Å²) in [6, 6.07) is 18.2. The third-order valence-corrected chi connectivity index (χ3v) is 4.03. The Hall–Kier alpha value is -3.60. The molecule has 0 aliphatic heterocycles. The molecule has 0 spiro atoms. The van der Waals surface area contributed by atoms with Crippen LogP contribution < -0.4 is 5.73 Å². The van der Waals surface area contributed by atoms with Crippen LogP contribution in [0.1, 0.15) is 12.5 Å². The zero-order valence-corrected chi connectivity index (χ0v) is 16.0. The van der Waals surface area contributed by atoms with E-state index < -0.39 is 5.97 Å². The first-order valence-corrected chi connectivity index (χ1v) is 8.59. The van der Waals surface area contributed by atoms with E-state index in [-0.39, 0.29) is 18.3 Å². The zero-order chi connectivity index (χ0) is 20.7. The van der Waals surface area contributed by atoms with E-state index in [0.717, 1.165) is 27.1 Å². The molecule has 28 heavy (non-hydrogen) atoms. The van der Waals surface area contributed by atoms with Crippen LogP contribution in [0, 0.1) is 0 Å². The van der Waals surface area contributed by atoms with Crippen LogP contribution in [0.25, 0.3) is 21.5 Å². The predicted molar refractivity (Wildman–Crippen MR) is 111 cm³/mol. The highest BCUT2D eigenvalue weighted by molar-refractivity contribution is 6.02. The molecule has 3 rings (SSSR count). The maximum absolute atomic E-state index is 11.5. The summed E-state index contributed by atoms with van der Waals surface area (Å²) in [7, 11) is 1.33. The van der Waals surface area contributed by atoms with Gasteiger partial charge in [-0.15, -0.1) is 0 Å². The Balaban J connectivity index is 0.000000345. The molecule has 0 aromatic heterocycles. The van der Waals surface area contributed by atoms with Crippen molar-refractivity contribution in [1.82, 2.24) is 0 Å². The summed E-state index contributed by atoms with van der Waals surface area (Å²) < 4.78 is 9.52. The molecule has 3 aromatic rings. The highest BCUT2D eigenvalue weighted by atomic mass is 16.5. The van der Waals surface area contributed by atoms with E-state index in [1.807, 2.05) is 36.4 Å². The summed E-state index contributed by atoms with van der Waals surface area (Å²) in [5.41, 5.74) is 6.69. The van der Waals surface area contributed by atoms with E-state index in [4.69, 9.17) is 10.5 Å². The minimum absolute atomic E-state index is 0.0838. The van der Waals surface area contributed by atoms with Gasteiger partial charge in [0.15, 0.2) is 0 Å². The van der Waals surface area contributed by atoms with Gasteiger partial charge in [-0.25, -0.2) is 9.59 Å². The van der Waals surface area contributed by atoms with Crippen molar-refractivity contribution in [3.8, 4) is 0 Å². The van der Waals surface area contributed by atoms with Crippen molar-refractivity contribution in [3.05, 3.63) is 84.6 Å². The molecule has 0 fully saturated rings. The van der Waals surface area contributed by atoms with Crippen molar-refractivity contribution in [1.29, 1.82) is 0 Å². The molecule has 0 radical (unpaired) electrons. The van der Waals surface area contributed by atoms with Crippen LogP contribution in [0.2, 0.25) is 0 Å². The molecule has 0 unspecified atom stereocenters. The van der Waals surface area contributed by atoms with Crippen LogP contribution >= 0.6 is 0 Å². The van der Waals surface area contributed by atoms with E-state index in [0.29, 0.717) is 5.57 Å². The smallest absolute Gasteiger partial charge is 0.353 e. The number of carbonyl (C=O) groups excluding carboxylic acids is 2. The number of methoxy groups -OCH3 is 1. The molecule has 0 heterocycles.